The minimum atomic E-state index is -3.66. The van der Waals surface area contributed by atoms with Crippen LogP contribution >= 0.6 is 0 Å². The summed E-state index contributed by atoms with van der Waals surface area (Å²) in [5.74, 6) is 0.295. The van der Waals surface area contributed by atoms with Crippen molar-refractivity contribution in [1.82, 2.24) is 10.2 Å². The van der Waals surface area contributed by atoms with Crippen LogP contribution in [0.2, 0.25) is 0 Å². The van der Waals surface area contributed by atoms with Crippen molar-refractivity contribution in [3.8, 4) is 0 Å². The minimum absolute atomic E-state index is 0.0459. The lowest BCUT2D eigenvalue weighted by Crippen LogP contribution is -2.14. The van der Waals surface area contributed by atoms with Crippen LogP contribution in [0.4, 0.5) is 11.5 Å². The van der Waals surface area contributed by atoms with E-state index in [1.54, 1.807) is 12.1 Å². The standard InChI is InChI=1S/C9H10N4O2S/c10-7-3-1-2-4-8(7)16(14,15)13-9-5-6-11-12-9/h1-6H,10H2,(H2,11,12,13). The van der Waals surface area contributed by atoms with Crippen molar-refractivity contribution in [2.45, 2.75) is 4.90 Å². The van der Waals surface area contributed by atoms with Gasteiger partial charge in [0, 0.05) is 6.07 Å². The van der Waals surface area contributed by atoms with Crippen LogP contribution in [0, 0.1) is 0 Å². The third-order valence-electron chi connectivity index (χ3n) is 1.95. The van der Waals surface area contributed by atoms with Gasteiger partial charge in [-0.15, -0.1) is 0 Å². The van der Waals surface area contributed by atoms with Crippen LogP contribution in [0.5, 0.6) is 0 Å². The molecule has 2 aromatic rings. The molecule has 1 aromatic carbocycles. The van der Waals surface area contributed by atoms with Gasteiger partial charge < -0.3 is 5.73 Å². The summed E-state index contributed by atoms with van der Waals surface area (Å²) in [6.07, 6.45) is 1.45. The highest BCUT2D eigenvalue weighted by molar-refractivity contribution is 7.92. The molecule has 0 aliphatic heterocycles. The Bertz CT molecular complexity index is 577. The fraction of sp³-hybridized carbons (Fsp3) is 0. The summed E-state index contributed by atoms with van der Waals surface area (Å²) in [6.45, 7) is 0. The molecule has 1 aromatic heterocycles. The molecule has 0 aliphatic rings. The summed E-state index contributed by atoms with van der Waals surface area (Å²) in [7, 11) is -3.66. The summed E-state index contributed by atoms with van der Waals surface area (Å²) in [5.41, 5.74) is 5.79. The number of nitrogens with two attached hydrogens (primary N) is 1. The third-order valence-corrected chi connectivity index (χ3v) is 3.39. The number of nitrogens with zero attached hydrogens (tertiary/aromatic N) is 1. The van der Waals surface area contributed by atoms with Crippen molar-refractivity contribution in [1.29, 1.82) is 0 Å². The average Bonchev–Trinajstić information content (AvgIpc) is 2.70. The first kappa shape index (κ1) is 10.5. The summed E-state index contributed by atoms with van der Waals surface area (Å²) >= 11 is 0. The Hall–Kier alpha value is -2.02. The van der Waals surface area contributed by atoms with E-state index in [4.69, 9.17) is 5.73 Å². The van der Waals surface area contributed by atoms with Gasteiger partial charge in [-0.25, -0.2) is 8.42 Å². The van der Waals surface area contributed by atoms with Gasteiger partial charge in [-0.3, -0.25) is 9.82 Å². The number of rotatable bonds is 3. The second-order valence-electron chi connectivity index (χ2n) is 3.11. The van der Waals surface area contributed by atoms with E-state index in [2.05, 4.69) is 14.9 Å². The molecular weight excluding hydrogens is 228 g/mol. The second-order valence-corrected chi connectivity index (χ2v) is 4.76. The Morgan fingerprint density at radius 2 is 2.00 bits per heavy atom. The van der Waals surface area contributed by atoms with Crippen LogP contribution in [0.15, 0.2) is 41.4 Å². The molecule has 4 N–H and O–H groups in total. The number of benzene rings is 1. The number of hydrogen-bond donors (Lipinski definition) is 3. The molecule has 0 amide bonds. The van der Waals surface area contributed by atoms with Gasteiger partial charge in [0.1, 0.15) is 10.7 Å². The van der Waals surface area contributed by atoms with E-state index in [0.717, 1.165) is 0 Å². The van der Waals surface area contributed by atoms with Crippen LogP contribution in [0.25, 0.3) is 0 Å². The lowest BCUT2D eigenvalue weighted by atomic mass is 10.3. The number of para-hydroxylation sites is 1. The van der Waals surface area contributed by atoms with Crippen LogP contribution in [-0.2, 0) is 10.0 Å². The minimum Gasteiger partial charge on any atom is -0.398 e. The SMILES string of the molecule is Nc1ccccc1S(=O)(=O)Nc1ccn[nH]1. The van der Waals surface area contributed by atoms with Crippen molar-refractivity contribution in [3.63, 3.8) is 0 Å². The smallest absolute Gasteiger partial charge is 0.265 e. The molecule has 1 heterocycles. The number of nitrogens with one attached hydrogen (secondary N) is 2. The quantitative estimate of drug-likeness (QED) is 0.688. The fourth-order valence-electron chi connectivity index (χ4n) is 1.24. The van der Waals surface area contributed by atoms with E-state index in [0.29, 0.717) is 5.82 Å². The average molecular weight is 238 g/mol. The highest BCUT2D eigenvalue weighted by Gasteiger charge is 2.17. The highest BCUT2D eigenvalue weighted by atomic mass is 32.2. The van der Waals surface area contributed by atoms with Gasteiger partial charge in [0.15, 0.2) is 0 Å². The number of aromatic amines is 1. The van der Waals surface area contributed by atoms with Crippen molar-refractivity contribution in [2.24, 2.45) is 0 Å². The number of anilines is 2. The first-order chi connectivity index (χ1) is 7.59. The molecule has 6 nitrogen and oxygen atoms in total. The van der Waals surface area contributed by atoms with Crippen molar-refractivity contribution in [3.05, 3.63) is 36.5 Å². The zero-order valence-corrected chi connectivity index (χ0v) is 9.03. The molecule has 0 unspecified atom stereocenters. The van der Waals surface area contributed by atoms with Crippen LogP contribution in [0.3, 0.4) is 0 Å². The summed E-state index contributed by atoms with van der Waals surface area (Å²) < 4.78 is 26.1. The number of aromatic nitrogens is 2. The van der Waals surface area contributed by atoms with Gasteiger partial charge in [0.2, 0.25) is 0 Å². The van der Waals surface area contributed by atoms with E-state index in [1.807, 2.05) is 0 Å². The molecule has 0 saturated heterocycles. The highest BCUT2D eigenvalue weighted by Crippen LogP contribution is 2.19. The number of H-pyrrole nitrogens is 1. The molecule has 0 aliphatic carbocycles. The second kappa shape index (κ2) is 3.86. The van der Waals surface area contributed by atoms with Crippen LogP contribution < -0.4 is 10.5 Å². The largest absolute Gasteiger partial charge is 0.398 e. The Morgan fingerprint density at radius 1 is 1.25 bits per heavy atom. The Balaban J connectivity index is 2.37. The van der Waals surface area contributed by atoms with Crippen LogP contribution in [0.1, 0.15) is 0 Å². The topological polar surface area (TPSA) is 101 Å². The molecule has 16 heavy (non-hydrogen) atoms. The molecule has 0 spiro atoms. The maximum Gasteiger partial charge on any atom is 0.265 e. The number of nitrogen functional groups attached to an aromatic ring is 1. The van der Waals surface area contributed by atoms with E-state index in [9.17, 15) is 8.42 Å². The molecule has 84 valence electrons. The zero-order chi connectivity index (χ0) is 11.6. The monoisotopic (exact) mass is 238 g/mol. The molecule has 0 atom stereocenters. The Morgan fingerprint density at radius 3 is 2.62 bits per heavy atom. The predicted molar refractivity (Wildman–Crippen MR) is 60.3 cm³/mol. The first-order valence-electron chi connectivity index (χ1n) is 4.46. The lowest BCUT2D eigenvalue weighted by molar-refractivity contribution is 0.601. The normalized spacial score (nSPS) is 11.2. The van der Waals surface area contributed by atoms with Gasteiger partial charge >= 0.3 is 0 Å². The molecule has 0 fully saturated rings. The van der Waals surface area contributed by atoms with Crippen molar-refractivity contribution in [2.75, 3.05) is 10.5 Å². The number of sulfonamides is 1. The Labute approximate surface area is 92.5 Å². The molecule has 0 bridgehead atoms. The van der Waals surface area contributed by atoms with Gasteiger partial charge in [0.05, 0.1) is 11.9 Å². The van der Waals surface area contributed by atoms with Gasteiger partial charge in [-0.2, -0.15) is 5.10 Å². The molecule has 7 heteroatoms. The predicted octanol–water partition coefficient (Wildman–Crippen LogP) is 0.793. The van der Waals surface area contributed by atoms with Gasteiger partial charge in [-0.05, 0) is 12.1 Å². The summed E-state index contributed by atoms with van der Waals surface area (Å²) in [6, 6.07) is 7.76. The molecule has 0 radical (unpaired) electrons. The zero-order valence-electron chi connectivity index (χ0n) is 8.21. The lowest BCUT2D eigenvalue weighted by Gasteiger charge is -2.07. The van der Waals surface area contributed by atoms with E-state index in [1.165, 1.54) is 24.4 Å². The van der Waals surface area contributed by atoms with Gasteiger partial charge in [0.25, 0.3) is 10.0 Å². The molecular formula is C9H10N4O2S. The fourth-order valence-corrected chi connectivity index (χ4v) is 2.39. The first-order valence-corrected chi connectivity index (χ1v) is 5.94. The molecule has 2 rings (SSSR count). The maximum atomic E-state index is 11.9. The van der Waals surface area contributed by atoms with Crippen LogP contribution in [-0.4, -0.2) is 18.6 Å². The van der Waals surface area contributed by atoms with E-state index < -0.39 is 10.0 Å². The number of hydrogen-bond acceptors (Lipinski definition) is 4. The summed E-state index contributed by atoms with van der Waals surface area (Å²) in [5, 5.41) is 6.14. The maximum absolute atomic E-state index is 11.9. The third kappa shape index (κ3) is 1.98. The van der Waals surface area contributed by atoms with Crippen molar-refractivity contribution >= 4 is 21.5 Å². The Kier molecular flexibility index (Phi) is 2.53. The van der Waals surface area contributed by atoms with E-state index >= 15 is 0 Å². The summed E-state index contributed by atoms with van der Waals surface area (Å²) in [4.78, 5) is 0.0459. The van der Waals surface area contributed by atoms with E-state index in [-0.39, 0.29) is 10.6 Å². The van der Waals surface area contributed by atoms with Gasteiger partial charge in [-0.1, -0.05) is 12.1 Å². The molecule has 0 saturated carbocycles. The van der Waals surface area contributed by atoms with Crippen molar-refractivity contribution < 1.29 is 8.42 Å².